The molecule has 1 aliphatic carbocycles. The van der Waals surface area contributed by atoms with Gasteiger partial charge in [-0.2, -0.15) is 5.10 Å². The maximum absolute atomic E-state index is 13.2. The molecular weight excluding hydrogens is 472 g/mol. The fourth-order valence-electron chi connectivity index (χ4n) is 4.24. The molecule has 1 fully saturated rings. The molecule has 0 spiro atoms. The summed E-state index contributed by atoms with van der Waals surface area (Å²) in [5.41, 5.74) is 3.65. The van der Waals surface area contributed by atoms with Crippen LogP contribution in [0.15, 0.2) is 48.8 Å². The quantitative estimate of drug-likeness (QED) is 0.321. The number of ether oxygens (including phenoxy) is 2. The first-order valence-electron chi connectivity index (χ1n) is 12.2. The summed E-state index contributed by atoms with van der Waals surface area (Å²) < 4.78 is 11.3. The first-order chi connectivity index (χ1) is 18.1. The fraction of sp³-hybridized carbons (Fsp3) is 0.296. The van der Waals surface area contributed by atoms with E-state index in [2.05, 4.69) is 30.8 Å². The number of amides is 2. The zero-order valence-electron chi connectivity index (χ0n) is 20.7. The summed E-state index contributed by atoms with van der Waals surface area (Å²) in [6, 6.07) is 11.0. The summed E-state index contributed by atoms with van der Waals surface area (Å²) in [5.74, 6) is 0.744. The molecule has 2 amide bonds. The van der Waals surface area contributed by atoms with E-state index in [-0.39, 0.29) is 24.2 Å². The third-order valence-electron chi connectivity index (χ3n) is 6.60. The summed E-state index contributed by atoms with van der Waals surface area (Å²) in [6.07, 6.45) is 6.95. The van der Waals surface area contributed by atoms with Crippen LogP contribution in [0.2, 0.25) is 0 Å². The van der Waals surface area contributed by atoms with Crippen molar-refractivity contribution in [2.45, 2.75) is 25.8 Å². The van der Waals surface area contributed by atoms with Crippen LogP contribution in [0.3, 0.4) is 0 Å². The molecule has 37 heavy (non-hydrogen) atoms. The molecule has 3 N–H and O–H groups in total. The second-order valence-electron chi connectivity index (χ2n) is 8.95. The second-order valence-corrected chi connectivity index (χ2v) is 8.95. The van der Waals surface area contributed by atoms with Gasteiger partial charge in [0.25, 0.3) is 11.8 Å². The minimum atomic E-state index is -0.329. The van der Waals surface area contributed by atoms with Crippen LogP contribution in [0.5, 0.6) is 11.8 Å². The number of carbonyl (C=O) groups is 2. The Morgan fingerprint density at radius 1 is 1.08 bits per heavy atom. The van der Waals surface area contributed by atoms with Crippen LogP contribution in [0.4, 0.5) is 0 Å². The number of carbonyl (C=O) groups excluding carboxylic acids is 2. The van der Waals surface area contributed by atoms with Crippen molar-refractivity contribution in [3.8, 4) is 22.9 Å². The number of hydrogen-bond donors (Lipinski definition) is 3. The molecular formula is C27H28N6O4. The van der Waals surface area contributed by atoms with E-state index in [9.17, 15) is 9.59 Å². The third kappa shape index (κ3) is 5.09. The van der Waals surface area contributed by atoms with Crippen molar-refractivity contribution in [2.24, 2.45) is 5.92 Å². The molecule has 0 saturated heterocycles. The molecule has 0 radical (unpaired) electrons. The van der Waals surface area contributed by atoms with E-state index in [0.717, 1.165) is 16.7 Å². The smallest absolute Gasteiger partial charge is 0.272 e. The standard InChI is InChI=1S/C27H28N6O4/c1-28-25(35)23-20-9-8-17(12-22(20)32-33-23)19-11-21(27(36-2)31-14-19)24(34)30-13-18-7-4-10-29-26(18)37-15-16-5-3-6-16/h4,7-12,14,16H,3,5-6,13,15H2,1-2H3,(H,28,35)(H,30,34)(H,32,33). The van der Waals surface area contributed by atoms with Crippen molar-refractivity contribution >= 4 is 22.7 Å². The topological polar surface area (TPSA) is 131 Å². The van der Waals surface area contributed by atoms with Crippen molar-refractivity contribution in [1.82, 2.24) is 30.8 Å². The van der Waals surface area contributed by atoms with E-state index in [4.69, 9.17) is 9.47 Å². The van der Waals surface area contributed by atoms with Crippen LogP contribution in [-0.4, -0.2) is 52.7 Å². The van der Waals surface area contributed by atoms with Crippen molar-refractivity contribution < 1.29 is 19.1 Å². The van der Waals surface area contributed by atoms with Gasteiger partial charge < -0.3 is 20.1 Å². The van der Waals surface area contributed by atoms with Crippen molar-refractivity contribution in [3.63, 3.8) is 0 Å². The van der Waals surface area contributed by atoms with Crippen LogP contribution in [0, 0.1) is 5.92 Å². The minimum absolute atomic E-state index is 0.221. The van der Waals surface area contributed by atoms with Gasteiger partial charge in [-0.25, -0.2) is 9.97 Å². The lowest BCUT2D eigenvalue weighted by molar-refractivity contribution is 0.0942. The van der Waals surface area contributed by atoms with Gasteiger partial charge in [0.1, 0.15) is 5.56 Å². The monoisotopic (exact) mass is 500 g/mol. The van der Waals surface area contributed by atoms with Gasteiger partial charge in [0, 0.05) is 42.5 Å². The average molecular weight is 501 g/mol. The Morgan fingerprint density at radius 3 is 2.70 bits per heavy atom. The largest absolute Gasteiger partial charge is 0.480 e. The van der Waals surface area contributed by atoms with Crippen molar-refractivity contribution in [3.05, 3.63) is 65.6 Å². The van der Waals surface area contributed by atoms with Crippen LogP contribution in [0.25, 0.3) is 22.0 Å². The average Bonchev–Trinajstić information content (AvgIpc) is 3.34. The molecule has 5 rings (SSSR count). The Hall–Kier alpha value is -4.47. The van der Waals surface area contributed by atoms with E-state index >= 15 is 0 Å². The van der Waals surface area contributed by atoms with E-state index in [1.807, 2.05) is 30.3 Å². The molecule has 1 aromatic carbocycles. The lowest BCUT2D eigenvalue weighted by atomic mass is 9.86. The van der Waals surface area contributed by atoms with Crippen molar-refractivity contribution in [2.75, 3.05) is 20.8 Å². The van der Waals surface area contributed by atoms with Crippen LogP contribution in [0.1, 0.15) is 45.7 Å². The first kappa shape index (κ1) is 24.2. The molecule has 0 atom stereocenters. The van der Waals surface area contributed by atoms with E-state index < -0.39 is 0 Å². The Balaban J connectivity index is 1.35. The van der Waals surface area contributed by atoms with Gasteiger partial charge in [-0.15, -0.1) is 0 Å². The molecule has 1 aliphatic rings. The summed E-state index contributed by atoms with van der Waals surface area (Å²) >= 11 is 0. The Bertz CT molecular complexity index is 1450. The number of methoxy groups -OCH3 is 1. The van der Waals surface area contributed by atoms with Crippen LogP contribution in [-0.2, 0) is 6.54 Å². The van der Waals surface area contributed by atoms with E-state index in [1.54, 1.807) is 25.5 Å². The Kier molecular flexibility index (Phi) is 6.98. The number of rotatable bonds is 9. The Labute approximate surface area is 213 Å². The first-order valence-corrected chi connectivity index (χ1v) is 12.2. The molecule has 10 nitrogen and oxygen atoms in total. The van der Waals surface area contributed by atoms with Crippen LogP contribution >= 0.6 is 0 Å². The number of hydrogen-bond acceptors (Lipinski definition) is 7. The molecule has 190 valence electrons. The third-order valence-corrected chi connectivity index (χ3v) is 6.60. The normalized spacial score (nSPS) is 13.1. The summed E-state index contributed by atoms with van der Waals surface area (Å²) in [5, 5.41) is 13.2. The summed E-state index contributed by atoms with van der Waals surface area (Å²) in [4.78, 5) is 33.9. The number of aromatic nitrogens is 4. The molecule has 4 aromatic rings. The second kappa shape index (κ2) is 10.7. The molecule has 3 aromatic heterocycles. The lowest BCUT2D eigenvalue weighted by Crippen LogP contribution is -2.25. The number of nitrogens with zero attached hydrogens (tertiary/aromatic N) is 3. The maximum Gasteiger partial charge on any atom is 0.272 e. The van der Waals surface area contributed by atoms with Gasteiger partial charge in [-0.05, 0) is 48.6 Å². The number of benzene rings is 1. The molecule has 1 saturated carbocycles. The van der Waals surface area contributed by atoms with Gasteiger partial charge in [0.2, 0.25) is 11.8 Å². The predicted molar refractivity (Wildman–Crippen MR) is 138 cm³/mol. The molecule has 0 aliphatic heterocycles. The molecule has 3 heterocycles. The Morgan fingerprint density at radius 2 is 1.95 bits per heavy atom. The highest BCUT2D eigenvalue weighted by Crippen LogP contribution is 2.29. The van der Waals surface area contributed by atoms with Crippen LogP contribution < -0.4 is 20.1 Å². The number of fused-ring (bicyclic) bond motifs is 1. The van der Waals surface area contributed by atoms with Gasteiger partial charge in [0.05, 0.1) is 19.2 Å². The zero-order chi connectivity index (χ0) is 25.8. The number of aromatic amines is 1. The SMILES string of the molecule is CNC(=O)c1n[nH]c2cc(-c3cnc(OC)c(C(=O)NCc4cccnc4OCC4CCC4)c3)ccc12. The molecule has 10 heteroatoms. The number of pyridine rings is 2. The minimum Gasteiger partial charge on any atom is -0.480 e. The van der Waals surface area contributed by atoms with E-state index in [0.29, 0.717) is 40.6 Å². The highest BCUT2D eigenvalue weighted by Gasteiger charge is 2.20. The van der Waals surface area contributed by atoms with Crippen molar-refractivity contribution in [1.29, 1.82) is 0 Å². The summed E-state index contributed by atoms with van der Waals surface area (Å²) in [6.45, 7) is 0.894. The lowest BCUT2D eigenvalue weighted by Gasteiger charge is -2.25. The maximum atomic E-state index is 13.2. The van der Waals surface area contributed by atoms with Gasteiger partial charge in [0.15, 0.2) is 5.69 Å². The molecule has 0 unspecified atom stereocenters. The van der Waals surface area contributed by atoms with Gasteiger partial charge in [-0.3, -0.25) is 14.7 Å². The van der Waals surface area contributed by atoms with Gasteiger partial charge >= 0.3 is 0 Å². The predicted octanol–water partition coefficient (Wildman–Crippen LogP) is 3.50. The van der Waals surface area contributed by atoms with E-state index in [1.165, 1.54) is 26.4 Å². The summed E-state index contributed by atoms with van der Waals surface area (Å²) in [7, 11) is 3.04. The fourth-order valence-corrected chi connectivity index (χ4v) is 4.24. The highest BCUT2D eigenvalue weighted by molar-refractivity contribution is 6.05. The van der Waals surface area contributed by atoms with Gasteiger partial charge in [-0.1, -0.05) is 18.6 Å². The zero-order valence-corrected chi connectivity index (χ0v) is 20.7. The highest BCUT2D eigenvalue weighted by atomic mass is 16.5. The number of H-pyrrole nitrogens is 1. The molecule has 0 bridgehead atoms. The number of nitrogens with one attached hydrogen (secondary N) is 3.